The number of benzene rings is 1. The van der Waals surface area contributed by atoms with Crippen LogP contribution in [0.15, 0.2) is 24.3 Å². The fourth-order valence-electron chi connectivity index (χ4n) is 8.58. The molecular weight excluding hydrogens is 844 g/mol. The van der Waals surface area contributed by atoms with Crippen molar-refractivity contribution in [2.75, 3.05) is 27.4 Å². The third-order valence-electron chi connectivity index (χ3n) is 12.1. The zero-order valence-electron chi connectivity index (χ0n) is 39.1. The van der Waals surface area contributed by atoms with Crippen molar-refractivity contribution in [2.45, 2.75) is 156 Å². The van der Waals surface area contributed by atoms with E-state index in [1.807, 2.05) is 27.7 Å². The number of hydrogen-bond acceptors (Lipinski definition) is 19. The molecule has 3 aliphatic heterocycles. The van der Waals surface area contributed by atoms with Crippen LogP contribution in [0.5, 0.6) is 11.5 Å². The summed E-state index contributed by atoms with van der Waals surface area (Å²) in [5.41, 5.74) is 0. The van der Waals surface area contributed by atoms with E-state index in [0.717, 1.165) is 0 Å². The summed E-state index contributed by atoms with van der Waals surface area (Å²) in [7, 11) is 2.71. The van der Waals surface area contributed by atoms with Crippen molar-refractivity contribution >= 4 is 35.8 Å². The smallest absolute Gasteiger partial charge is 0.366 e. The lowest BCUT2D eigenvalue weighted by molar-refractivity contribution is -0.375. The molecule has 0 saturated carbocycles. The minimum atomic E-state index is -2.11. The molecule has 3 fully saturated rings. The summed E-state index contributed by atoms with van der Waals surface area (Å²) in [6.45, 7) is 16.5. The van der Waals surface area contributed by atoms with Crippen LogP contribution in [0.4, 0.5) is 0 Å². The fraction of sp³-hybridized carbons (Fsp3) is 0.733. The summed E-state index contributed by atoms with van der Waals surface area (Å²) >= 11 is 0. The lowest BCUT2D eigenvalue weighted by atomic mass is 9.76. The maximum atomic E-state index is 14.1. The van der Waals surface area contributed by atoms with Crippen molar-refractivity contribution < 1.29 is 90.3 Å². The Morgan fingerprint density at radius 1 is 0.688 bits per heavy atom. The first kappa shape index (κ1) is 52.1. The van der Waals surface area contributed by atoms with Crippen molar-refractivity contribution in [3.8, 4) is 11.5 Å². The molecule has 0 N–H and O–H groups in total. The number of rotatable bonds is 18. The zero-order valence-corrected chi connectivity index (χ0v) is 39.1. The lowest BCUT2D eigenvalue weighted by Crippen LogP contribution is -2.66. The summed E-state index contributed by atoms with van der Waals surface area (Å²) in [5, 5.41) is 0. The van der Waals surface area contributed by atoms with Gasteiger partial charge in [-0.25, -0.2) is 4.79 Å². The number of carbonyl (C=O) groups is 6. The van der Waals surface area contributed by atoms with Gasteiger partial charge in [0, 0.05) is 58.8 Å². The van der Waals surface area contributed by atoms with E-state index in [4.69, 9.17) is 61.6 Å². The molecule has 5 unspecified atom stereocenters. The third-order valence-corrected chi connectivity index (χ3v) is 12.1. The molecule has 0 radical (unpaired) electrons. The van der Waals surface area contributed by atoms with Crippen LogP contribution in [-0.4, -0.2) is 130 Å². The molecule has 0 spiro atoms. The van der Waals surface area contributed by atoms with Crippen molar-refractivity contribution in [1.29, 1.82) is 0 Å². The molecule has 3 aliphatic rings. The van der Waals surface area contributed by atoms with E-state index in [1.165, 1.54) is 48.8 Å². The molecule has 1 aromatic carbocycles. The van der Waals surface area contributed by atoms with E-state index >= 15 is 0 Å². The summed E-state index contributed by atoms with van der Waals surface area (Å²) in [5.74, 6) is -7.62. The average Bonchev–Trinajstić information content (AvgIpc) is 3.23. The standard InChI is InChI=1S/C45H66O19/c1-14-34(56-29(9)48)24(4)37-23(3)22(2)19-45(63-37,44(51)53-13)64-39-25(5)35(20-54-27(7)46)60-43(41(39)58-31(11)50)62-38-26(6)40(57-30(10)49)42(61-36(38)21-55-28(8)47)59-33-17-15-32(52-12)16-18-33/h15-18,22-26,34-43H,14,19-21H2,1-13H3/t22?,23-,24-,25+,26?,34-,35?,36+,37-,38+,39+,40?,41?,42-,43+,45+/m1/s1. The topological polar surface area (TPSA) is 222 Å². The van der Waals surface area contributed by atoms with Gasteiger partial charge in [-0.05, 0) is 42.5 Å². The Morgan fingerprint density at radius 3 is 1.78 bits per heavy atom. The van der Waals surface area contributed by atoms with Crippen LogP contribution in [0, 0.1) is 29.6 Å². The highest BCUT2D eigenvalue weighted by molar-refractivity contribution is 5.78. The molecule has 0 amide bonds. The summed E-state index contributed by atoms with van der Waals surface area (Å²) in [6, 6.07) is 6.60. The van der Waals surface area contributed by atoms with Crippen molar-refractivity contribution in [2.24, 2.45) is 29.6 Å². The monoisotopic (exact) mass is 910 g/mol. The highest BCUT2D eigenvalue weighted by atomic mass is 16.8. The highest BCUT2D eigenvalue weighted by Crippen LogP contribution is 2.46. The second-order valence-electron chi connectivity index (χ2n) is 16.8. The Bertz CT molecular complexity index is 1750. The van der Waals surface area contributed by atoms with Gasteiger partial charge in [-0.3, -0.25) is 24.0 Å². The Morgan fingerprint density at radius 2 is 1.25 bits per heavy atom. The third kappa shape index (κ3) is 13.0. The van der Waals surface area contributed by atoms with Gasteiger partial charge in [0.1, 0.15) is 49.1 Å². The van der Waals surface area contributed by atoms with E-state index in [-0.39, 0.29) is 31.5 Å². The van der Waals surface area contributed by atoms with E-state index < -0.39 is 121 Å². The Balaban J connectivity index is 1.81. The second kappa shape index (κ2) is 23.1. The van der Waals surface area contributed by atoms with Crippen LogP contribution < -0.4 is 9.47 Å². The van der Waals surface area contributed by atoms with Crippen LogP contribution in [0.1, 0.15) is 89.0 Å². The van der Waals surface area contributed by atoms with Gasteiger partial charge >= 0.3 is 35.8 Å². The van der Waals surface area contributed by atoms with Gasteiger partial charge in [0.25, 0.3) is 5.79 Å². The quantitative estimate of drug-likeness (QED) is 0.146. The van der Waals surface area contributed by atoms with Gasteiger partial charge in [-0.1, -0.05) is 41.5 Å². The normalized spacial score (nSPS) is 33.6. The Kier molecular flexibility index (Phi) is 18.8. The molecular formula is C45H66O19. The molecule has 0 bridgehead atoms. The molecule has 64 heavy (non-hydrogen) atoms. The largest absolute Gasteiger partial charge is 0.497 e. The van der Waals surface area contributed by atoms with Crippen LogP contribution >= 0.6 is 0 Å². The minimum Gasteiger partial charge on any atom is -0.497 e. The first-order chi connectivity index (χ1) is 30.1. The number of carbonyl (C=O) groups excluding carboxylic acids is 6. The molecule has 3 saturated heterocycles. The molecule has 360 valence electrons. The Labute approximate surface area is 374 Å². The minimum absolute atomic E-state index is 0.00301. The predicted octanol–water partition coefficient (Wildman–Crippen LogP) is 4.46. The van der Waals surface area contributed by atoms with Crippen LogP contribution in [-0.2, 0) is 80.9 Å². The summed E-state index contributed by atoms with van der Waals surface area (Å²) < 4.78 is 78.3. The van der Waals surface area contributed by atoms with Gasteiger partial charge in [-0.15, -0.1) is 0 Å². The molecule has 1 aromatic rings. The van der Waals surface area contributed by atoms with E-state index in [1.54, 1.807) is 38.1 Å². The molecule has 16 atom stereocenters. The second-order valence-corrected chi connectivity index (χ2v) is 16.8. The van der Waals surface area contributed by atoms with Crippen molar-refractivity contribution in [1.82, 2.24) is 0 Å². The van der Waals surface area contributed by atoms with Gasteiger partial charge < -0.3 is 61.6 Å². The zero-order chi connectivity index (χ0) is 47.6. The predicted molar refractivity (Wildman–Crippen MR) is 221 cm³/mol. The fourth-order valence-corrected chi connectivity index (χ4v) is 8.58. The maximum Gasteiger partial charge on any atom is 0.366 e. The van der Waals surface area contributed by atoms with E-state index in [9.17, 15) is 28.8 Å². The van der Waals surface area contributed by atoms with E-state index in [2.05, 4.69) is 0 Å². The molecule has 19 nitrogen and oxygen atoms in total. The van der Waals surface area contributed by atoms with Crippen molar-refractivity contribution in [3.05, 3.63) is 24.3 Å². The number of hydrogen-bond donors (Lipinski definition) is 0. The molecule has 19 heteroatoms. The molecule has 0 aromatic heterocycles. The van der Waals surface area contributed by atoms with Crippen molar-refractivity contribution in [3.63, 3.8) is 0 Å². The van der Waals surface area contributed by atoms with Gasteiger partial charge in [-0.2, -0.15) is 0 Å². The lowest BCUT2D eigenvalue weighted by Gasteiger charge is -2.52. The number of ether oxygens (including phenoxy) is 13. The Hall–Kier alpha value is -4.56. The SMILES string of the molecule is CC[C@@H](OC(C)=O)[C@@H](C)[C@@H]1O[C@@](O[C@@H]2C(OC(C)=O)[C@H](O[C@H]3C(C)C(OC(C)=O)[C@H](Oc4ccc(OC)cc4)O[C@H]3COC(C)=O)OC(COC(C)=O)[C@@H]2C)(C(=O)OC)CC(C)[C@H]1C. The van der Waals surface area contributed by atoms with Crippen LogP contribution in [0.3, 0.4) is 0 Å². The first-order valence-electron chi connectivity index (χ1n) is 21.6. The van der Waals surface area contributed by atoms with Gasteiger partial charge in [0.05, 0.1) is 26.4 Å². The maximum absolute atomic E-state index is 14.1. The number of methoxy groups -OCH3 is 2. The number of esters is 6. The van der Waals surface area contributed by atoms with Gasteiger partial charge in [0.15, 0.2) is 18.5 Å². The molecule has 4 rings (SSSR count). The average molecular weight is 911 g/mol. The van der Waals surface area contributed by atoms with E-state index in [0.29, 0.717) is 17.9 Å². The first-order valence-corrected chi connectivity index (χ1v) is 21.6. The molecule has 3 heterocycles. The summed E-state index contributed by atoms with van der Waals surface area (Å²) in [4.78, 5) is 76.3. The summed E-state index contributed by atoms with van der Waals surface area (Å²) in [6.07, 6.45) is -10.7. The van der Waals surface area contributed by atoms with Gasteiger partial charge in [0.2, 0.25) is 6.29 Å². The highest BCUT2D eigenvalue weighted by Gasteiger charge is 2.59. The molecule has 0 aliphatic carbocycles. The van der Waals surface area contributed by atoms with Crippen LogP contribution in [0.25, 0.3) is 0 Å². The van der Waals surface area contributed by atoms with Crippen LogP contribution in [0.2, 0.25) is 0 Å².